The van der Waals surface area contributed by atoms with Gasteiger partial charge in [-0.3, -0.25) is 19.1 Å². The van der Waals surface area contributed by atoms with Crippen molar-refractivity contribution in [3.8, 4) is 11.8 Å². The minimum atomic E-state index is -4.05. The van der Waals surface area contributed by atoms with Crippen LogP contribution in [-0.2, 0) is 29.1 Å². The Labute approximate surface area is 362 Å². The van der Waals surface area contributed by atoms with Crippen LogP contribution in [0.15, 0.2) is 30.4 Å². The molecular formula is C43H79F2N5O9S. The lowest BCUT2D eigenvalue weighted by Gasteiger charge is -2.34. The summed E-state index contributed by atoms with van der Waals surface area (Å²) in [6.07, 6.45) is 4.12. The van der Waals surface area contributed by atoms with Gasteiger partial charge in [-0.05, 0) is 64.7 Å². The number of hydrogen-bond acceptors (Lipinski definition) is 10. The fraction of sp³-hybridized carbons (Fsp3) is 0.744. The van der Waals surface area contributed by atoms with E-state index in [0.29, 0.717) is 25.7 Å². The summed E-state index contributed by atoms with van der Waals surface area (Å²) in [4.78, 5) is 60.8. The second-order valence-corrected chi connectivity index (χ2v) is 18.4. The number of carbonyl (C=O) groups is 4. The first-order chi connectivity index (χ1) is 27.9. The number of allylic oxidation sites excluding steroid dienone is 1. The quantitative estimate of drug-likeness (QED) is 0.129. The number of likely N-dealkylation sites (tertiary alicyclic amines) is 1. The molecule has 4 rings (SSSR count). The van der Waals surface area contributed by atoms with E-state index >= 15 is 0 Å². The first-order valence-corrected chi connectivity index (χ1v) is 22.8. The van der Waals surface area contributed by atoms with E-state index in [1.807, 2.05) is 47.6 Å². The third-order valence-corrected chi connectivity index (χ3v) is 12.7. The second-order valence-electron chi connectivity index (χ2n) is 16.2. The molecule has 4 amide bonds. The molecule has 0 radical (unpaired) electrons. The van der Waals surface area contributed by atoms with Crippen LogP contribution in [0.5, 0.6) is 11.8 Å². The monoisotopic (exact) mass is 880 g/mol. The maximum absolute atomic E-state index is 14.3. The molecule has 5 atom stereocenters. The molecule has 3 N–H and O–H groups in total. The Kier molecular flexibility index (Phi) is 20.4. The van der Waals surface area contributed by atoms with Crippen molar-refractivity contribution in [2.24, 2.45) is 17.8 Å². The fourth-order valence-electron chi connectivity index (χ4n) is 6.05. The van der Waals surface area contributed by atoms with Gasteiger partial charge in [-0.2, -0.15) is 4.98 Å². The van der Waals surface area contributed by atoms with E-state index in [0.717, 1.165) is 26.7 Å². The van der Waals surface area contributed by atoms with Crippen molar-refractivity contribution in [3.05, 3.63) is 30.4 Å². The molecule has 60 heavy (non-hydrogen) atoms. The molecule has 2 saturated carbocycles. The lowest BCUT2D eigenvalue weighted by molar-refractivity contribution is -0.151. The average molecular weight is 880 g/mol. The topological polar surface area (TPSA) is 182 Å². The van der Waals surface area contributed by atoms with Crippen LogP contribution < -0.4 is 24.8 Å². The summed E-state index contributed by atoms with van der Waals surface area (Å²) in [5.74, 6) is -5.99. The number of carbonyl (C=O) groups excluding carboxylic acids is 4. The average Bonchev–Trinajstić information content (AvgIpc) is 4.07. The van der Waals surface area contributed by atoms with Crippen molar-refractivity contribution < 1.29 is 54.9 Å². The molecule has 1 aromatic heterocycles. The van der Waals surface area contributed by atoms with E-state index in [1.165, 1.54) is 12.0 Å². The van der Waals surface area contributed by atoms with Crippen LogP contribution >= 0.6 is 0 Å². The summed E-state index contributed by atoms with van der Waals surface area (Å²) in [5.41, 5.74) is -3.81. The predicted molar refractivity (Wildman–Crippen MR) is 236 cm³/mol. The van der Waals surface area contributed by atoms with Crippen LogP contribution in [0.3, 0.4) is 0 Å². The van der Waals surface area contributed by atoms with E-state index in [-0.39, 0.29) is 35.4 Å². The molecule has 14 nitrogen and oxygen atoms in total. The predicted octanol–water partition coefficient (Wildman–Crippen LogP) is 8.31. The molecule has 350 valence electrons. The van der Waals surface area contributed by atoms with Crippen LogP contribution in [-0.4, -0.2) is 95.8 Å². The molecule has 3 aliphatic rings. The normalized spacial score (nSPS) is 22.1. The maximum atomic E-state index is 14.3. The number of aromatic nitrogens is 1. The smallest absolute Gasteiger partial charge is 0.408 e. The van der Waals surface area contributed by atoms with Crippen molar-refractivity contribution in [2.45, 2.75) is 175 Å². The highest BCUT2D eigenvalue weighted by Gasteiger charge is 2.63. The zero-order valence-electron chi connectivity index (χ0n) is 38.5. The van der Waals surface area contributed by atoms with E-state index in [4.69, 9.17) is 14.2 Å². The van der Waals surface area contributed by atoms with Crippen molar-refractivity contribution in [3.63, 3.8) is 0 Å². The van der Waals surface area contributed by atoms with Crippen LogP contribution in [0.2, 0.25) is 0 Å². The van der Waals surface area contributed by atoms with E-state index in [1.54, 1.807) is 45.0 Å². The summed E-state index contributed by atoms with van der Waals surface area (Å²) in [5, 5.41) is 5.20. The SMILES string of the molecule is CC.CC.CC.COc1cccc(O[C@@H]2C[C@@H](C(=O)N[C@]3(C(=O)NS(=O)(=O)C4(C)CC4)C[C@H]3/C=C\CCC(C)C)N(C(=O)[C@@H](NC(=O)OC(C)(C)C(C)(F)F)C(C)C)C2)n1.[HH].[HH].[HH]. The van der Waals surface area contributed by atoms with Gasteiger partial charge >= 0.3 is 6.09 Å². The van der Waals surface area contributed by atoms with Crippen molar-refractivity contribution in [1.82, 2.24) is 25.2 Å². The summed E-state index contributed by atoms with van der Waals surface area (Å²) < 4.78 is 72.0. The first-order valence-electron chi connectivity index (χ1n) is 21.4. The Morgan fingerprint density at radius 2 is 1.60 bits per heavy atom. The summed E-state index contributed by atoms with van der Waals surface area (Å²) in [6.45, 7) is 23.5. The molecule has 0 aromatic carbocycles. The number of pyridine rings is 1. The number of rotatable bonds is 17. The van der Waals surface area contributed by atoms with Gasteiger partial charge in [-0.1, -0.05) is 87.5 Å². The number of methoxy groups -OCH3 is 1. The van der Waals surface area contributed by atoms with Gasteiger partial charge in [0.2, 0.25) is 33.6 Å². The highest BCUT2D eigenvalue weighted by Crippen LogP contribution is 2.47. The van der Waals surface area contributed by atoms with Crippen LogP contribution in [0.1, 0.15) is 140 Å². The molecule has 1 aliphatic heterocycles. The number of nitrogens with one attached hydrogen (secondary N) is 3. The van der Waals surface area contributed by atoms with E-state index in [9.17, 15) is 36.4 Å². The Hall–Kier alpha value is -4.02. The molecule has 2 heterocycles. The number of sulfonamides is 1. The number of ether oxygens (including phenoxy) is 3. The first kappa shape index (κ1) is 54.0. The third kappa shape index (κ3) is 14.0. The number of hydrogen-bond donors (Lipinski definition) is 3. The highest BCUT2D eigenvalue weighted by molar-refractivity contribution is 7.91. The van der Waals surface area contributed by atoms with E-state index in [2.05, 4.69) is 34.2 Å². The summed E-state index contributed by atoms with van der Waals surface area (Å²) >= 11 is 0. The van der Waals surface area contributed by atoms with Gasteiger partial charge in [0, 0.05) is 35.7 Å². The van der Waals surface area contributed by atoms with Gasteiger partial charge in [0.05, 0.1) is 18.4 Å². The molecule has 0 bridgehead atoms. The van der Waals surface area contributed by atoms with Crippen molar-refractivity contribution >= 4 is 33.8 Å². The molecule has 1 aromatic rings. The molecule has 3 fully saturated rings. The number of nitrogens with zero attached hydrogens (tertiary/aromatic N) is 2. The lowest BCUT2D eigenvalue weighted by Crippen LogP contribution is -2.59. The highest BCUT2D eigenvalue weighted by atomic mass is 32.2. The molecule has 1 saturated heterocycles. The zero-order valence-corrected chi connectivity index (χ0v) is 39.3. The number of alkyl carbamates (subject to hydrolysis) is 1. The van der Waals surface area contributed by atoms with E-state index < -0.39 is 85.7 Å². The number of amides is 4. The Bertz CT molecular complexity index is 1730. The lowest BCUT2D eigenvalue weighted by atomic mass is 10.0. The van der Waals surface area contributed by atoms with Crippen LogP contribution in [0.4, 0.5) is 13.6 Å². The minimum absolute atomic E-state index is 0. The van der Waals surface area contributed by atoms with Gasteiger partial charge in [-0.25, -0.2) is 22.0 Å². The molecular weight excluding hydrogens is 801 g/mol. The molecule has 2 aliphatic carbocycles. The van der Waals surface area contributed by atoms with Gasteiger partial charge in [0.25, 0.3) is 11.8 Å². The standard InChI is InChI=1S/C37H55F2N5O9S.3C2H6.3H2/c1-22(2)13-10-11-14-24-20-37(24,32(47)43-54(49,50)35(7)17-18-35)42-30(45)26-19-25(52-28-16-12-15-27(40-28)51-9)21-44(26)31(46)29(23(3)4)41-33(48)53-34(5,6)36(8,38)39;3*1-2;;;/h11-12,14-16,22-26,29H,10,13,17-21H2,1-9H3,(H,41,48)(H,42,45)(H,43,47);3*1-2H3;3*1H/b14-11-;;;;;;/t24-,25-,26+,29+,37-;;;;;;/m1....../s1. The van der Waals surface area contributed by atoms with Gasteiger partial charge < -0.3 is 29.7 Å². The molecule has 0 spiro atoms. The van der Waals surface area contributed by atoms with Crippen molar-refractivity contribution in [2.75, 3.05) is 13.7 Å². The molecule has 0 unspecified atom stereocenters. The van der Waals surface area contributed by atoms with Gasteiger partial charge in [-0.15, -0.1) is 0 Å². The Morgan fingerprint density at radius 1 is 1.02 bits per heavy atom. The van der Waals surface area contributed by atoms with Gasteiger partial charge in [0.15, 0.2) is 5.60 Å². The summed E-state index contributed by atoms with van der Waals surface area (Å²) in [6, 6.07) is 2.26. The van der Waals surface area contributed by atoms with Crippen LogP contribution in [0, 0.1) is 17.8 Å². The molecule has 17 heteroatoms. The minimum Gasteiger partial charge on any atom is -0.481 e. The Morgan fingerprint density at radius 3 is 2.12 bits per heavy atom. The number of halogens is 2. The Balaban J connectivity index is -0.00000383. The zero-order chi connectivity index (χ0) is 46.4. The third-order valence-electron chi connectivity index (χ3n) is 10.5. The maximum Gasteiger partial charge on any atom is 0.408 e. The van der Waals surface area contributed by atoms with Gasteiger partial charge in [0.1, 0.15) is 23.7 Å². The van der Waals surface area contributed by atoms with Crippen molar-refractivity contribution in [1.29, 1.82) is 0 Å². The largest absolute Gasteiger partial charge is 0.481 e. The second kappa shape index (κ2) is 22.7. The summed E-state index contributed by atoms with van der Waals surface area (Å²) in [7, 11) is -2.61. The number of alkyl halides is 2. The van der Waals surface area contributed by atoms with Crippen LogP contribution in [0.25, 0.3) is 0 Å². The fourth-order valence-corrected chi connectivity index (χ4v) is 7.36.